The number of ketones is 1. The van der Waals surface area contributed by atoms with E-state index in [0.29, 0.717) is 12.1 Å². The van der Waals surface area contributed by atoms with Crippen LogP contribution in [0.25, 0.3) is 0 Å². The first-order valence-corrected chi connectivity index (χ1v) is 16.5. The number of carbonyl (C=O) groups is 5. The van der Waals surface area contributed by atoms with E-state index >= 15 is 0 Å². The van der Waals surface area contributed by atoms with Gasteiger partial charge in [-0.05, 0) is 50.5 Å². The first kappa shape index (κ1) is 35.1. The Morgan fingerprint density at radius 2 is 1.77 bits per heavy atom. The van der Waals surface area contributed by atoms with Gasteiger partial charge in [-0.1, -0.05) is 37.3 Å². The zero-order valence-electron chi connectivity index (χ0n) is 27.3. The molecule has 3 fully saturated rings. The number of Topliss-reactive ketones (excluding diaryl/α,β-unsaturated/α-hetero) is 1. The highest BCUT2D eigenvalue weighted by Gasteiger charge is 2.49. The molecule has 5 rings (SSSR count). The minimum absolute atomic E-state index is 0.0170. The van der Waals surface area contributed by atoms with Crippen molar-refractivity contribution in [2.75, 3.05) is 19.8 Å². The maximum absolute atomic E-state index is 14.6. The Hall–Kier alpha value is -4.24. The molecule has 2 saturated heterocycles. The summed E-state index contributed by atoms with van der Waals surface area (Å²) in [4.78, 5) is 68.6. The lowest BCUT2D eigenvalue weighted by Crippen LogP contribution is -2.64. The molecule has 0 bridgehead atoms. The minimum Gasteiger partial charge on any atom is -0.384 e. The van der Waals surface area contributed by atoms with E-state index in [1.165, 1.54) is 27.9 Å². The van der Waals surface area contributed by atoms with E-state index in [4.69, 9.17) is 10.5 Å². The zero-order chi connectivity index (χ0) is 34.6. The van der Waals surface area contributed by atoms with Crippen LogP contribution in [0.15, 0.2) is 30.5 Å². The van der Waals surface area contributed by atoms with Crippen molar-refractivity contribution in [3.05, 3.63) is 47.5 Å². The highest BCUT2D eigenvalue weighted by molar-refractivity contribution is 6.39. The predicted octanol–water partition coefficient (Wildman–Crippen LogP) is 1.28. The lowest BCUT2D eigenvalue weighted by molar-refractivity contribution is -0.147. The Kier molecular flexibility index (Phi) is 10.6. The lowest BCUT2D eigenvalue weighted by atomic mass is 9.84. The number of nitrogens with one attached hydrogen (secondary N) is 2. The summed E-state index contributed by atoms with van der Waals surface area (Å²) >= 11 is 0. The summed E-state index contributed by atoms with van der Waals surface area (Å²) in [5.41, 5.74) is 2.99. The van der Waals surface area contributed by atoms with Crippen LogP contribution in [0.3, 0.4) is 0 Å². The molecule has 0 spiro atoms. The van der Waals surface area contributed by atoms with Gasteiger partial charge in [0.2, 0.25) is 17.6 Å². The second-order valence-electron chi connectivity index (χ2n) is 13.7. The Bertz CT molecular complexity index is 1510. The number of ether oxygens (including phenoxy) is 1. The quantitative estimate of drug-likeness (QED) is 0.255. The average Bonchev–Trinajstić information content (AvgIpc) is 3.73. The van der Waals surface area contributed by atoms with Crippen molar-refractivity contribution in [1.82, 2.24) is 30.5 Å². The van der Waals surface area contributed by atoms with Crippen LogP contribution in [0, 0.1) is 11.7 Å². The van der Waals surface area contributed by atoms with Crippen LogP contribution in [0.5, 0.6) is 0 Å². The number of aromatic nitrogens is 3. The van der Waals surface area contributed by atoms with Crippen LogP contribution in [-0.2, 0) is 29.5 Å². The fourth-order valence-electron chi connectivity index (χ4n) is 7.14. The first-order valence-electron chi connectivity index (χ1n) is 16.5. The molecule has 3 heterocycles. The van der Waals surface area contributed by atoms with Crippen LogP contribution < -0.4 is 16.4 Å². The summed E-state index contributed by atoms with van der Waals surface area (Å²) in [5, 5.41) is 24.6. The van der Waals surface area contributed by atoms with Crippen molar-refractivity contribution in [2.24, 2.45) is 11.7 Å². The number of hydrogen-bond acceptors (Lipinski definition) is 9. The summed E-state index contributed by atoms with van der Waals surface area (Å²) < 4.78 is 20.5. The van der Waals surface area contributed by atoms with E-state index in [0.717, 1.165) is 44.2 Å². The van der Waals surface area contributed by atoms with Gasteiger partial charge in [-0.3, -0.25) is 24.0 Å². The van der Waals surface area contributed by atoms with Crippen LogP contribution in [-0.4, -0.2) is 91.8 Å². The molecule has 1 saturated carbocycles. The molecule has 14 nitrogen and oxygen atoms in total. The van der Waals surface area contributed by atoms with Crippen molar-refractivity contribution in [3.8, 4) is 0 Å². The van der Waals surface area contributed by atoms with Crippen molar-refractivity contribution < 1.29 is 38.2 Å². The normalized spacial score (nSPS) is 22.1. The molecule has 1 aromatic heterocycles. The Morgan fingerprint density at radius 3 is 2.40 bits per heavy atom. The maximum Gasteiger partial charge on any atom is 0.287 e. The number of benzene rings is 1. The summed E-state index contributed by atoms with van der Waals surface area (Å²) in [6, 6.07) is 2.23. The molecule has 48 heavy (non-hydrogen) atoms. The van der Waals surface area contributed by atoms with E-state index in [2.05, 4.69) is 20.9 Å². The molecule has 5 N–H and O–H groups in total. The van der Waals surface area contributed by atoms with E-state index in [-0.39, 0.29) is 50.5 Å². The zero-order valence-corrected chi connectivity index (χ0v) is 27.3. The number of nitrogens with zero attached hydrogens (tertiary/aromatic N) is 4. The molecule has 1 aliphatic carbocycles. The molecule has 3 aliphatic rings. The molecule has 2 aliphatic heterocycles. The number of nitrogens with two attached hydrogens (primary N) is 1. The van der Waals surface area contributed by atoms with Gasteiger partial charge in [0.25, 0.3) is 11.8 Å². The van der Waals surface area contributed by atoms with Gasteiger partial charge in [-0.25, -0.2) is 9.07 Å². The minimum atomic E-state index is -1.60. The molecule has 1 aromatic carbocycles. The highest BCUT2D eigenvalue weighted by atomic mass is 19.1. The second-order valence-corrected chi connectivity index (χ2v) is 13.7. The number of aliphatic hydroxyl groups is 1. The highest BCUT2D eigenvalue weighted by Crippen LogP contribution is 2.34. The third-order valence-corrected chi connectivity index (χ3v) is 9.78. The molecule has 4 amide bonds. The molecule has 15 heteroatoms. The number of rotatable bonds is 11. The SMILES string of the molecule is CC(C)(O)c1cnnn1[C@H]1C[C@@H](C(=O)NC2(C(=O)C(N)=O)CCOCC2)N(C(=O)C(CC2CCCCC2)NC(=O)c2ccc(F)cc2)C1. The molecule has 260 valence electrons. The maximum atomic E-state index is 14.6. The van der Waals surface area contributed by atoms with Gasteiger partial charge in [0, 0.05) is 44.6 Å². The second kappa shape index (κ2) is 14.5. The van der Waals surface area contributed by atoms with Crippen molar-refractivity contribution in [3.63, 3.8) is 0 Å². The average molecular weight is 670 g/mol. The summed E-state index contributed by atoms with van der Waals surface area (Å²) in [7, 11) is 0. The van der Waals surface area contributed by atoms with Crippen LogP contribution >= 0.6 is 0 Å². The fraction of sp³-hybridized carbons (Fsp3) is 0.606. The summed E-state index contributed by atoms with van der Waals surface area (Å²) in [5.74, 6) is -4.23. The number of hydrogen-bond donors (Lipinski definition) is 4. The molecule has 3 atom stereocenters. The van der Waals surface area contributed by atoms with Gasteiger partial charge >= 0.3 is 0 Å². The Labute approximate surface area is 277 Å². The largest absolute Gasteiger partial charge is 0.384 e. The predicted molar refractivity (Wildman–Crippen MR) is 168 cm³/mol. The van der Waals surface area contributed by atoms with Crippen LogP contribution in [0.1, 0.15) is 93.7 Å². The summed E-state index contributed by atoms with van der Waals surface area (Å²) in [6.45, 7) is 3.35. The topological polar surface area (TPSA) is 199 Å². The van der Waals surface area contributed by atoms with E-state index < -0.39 is 64.5 Å². The third kappa shape index (κ3) is 7.73. The smallest absolute Gasteiger partial charge is 0.287 e. The van der Waals surface area contributed by atoms with Crippen LogP contribution in [0.4, 0.5) is 4.39 Å². The molecule has 1 unspecified atom stereocenters. The van der Waals surface area contributed by atoms with E-state index in [1.54, 1.807) is 13.8 Å². The standard InChI is InChI=1S/C33H44FN7O7/c1-32(2,47)26-18-36-39-41(26)23-17-25(30(45)38-33(27(42)28(35)43)12-14-48-15-13-33)40(19-23)31(46)24(16-20-6-4-3-5-7-20)37-29(44)21-8-10-22(34)11-9-21/h8-11,18,20,23-25,47H,3-7,12-17,19H2,1-2H3,(H2,35,43)(H,37,44)(H,38,45)/t23-,24?,25-/m0/s1. The number of carbonyl (C=O) groups excluding carboxylic acids is 5. The van der Waals surface area contributed by atoms with Crippen molar-refractivity contribution in [1.29, 1.82) is 0 Å². The monoisotopic (exact) mass is 669 g/mol. The molecular formula is C33H44FN7O7. The number of primary amides is 1. The van der Waals surface area contributed by atoms with Crippen molar-refractivity contribution in [2.45, 2.75) is 101 Å². The Balaban J connectivity index is 1.48. The van der Waals surface area contributed by atoms with Gasteiger partial charge in [0.05, 0.1) is 17.9 Å². The van der Waals surface area contributed by atoms with Crippen LogP contribution in [0.2, 0.25) is 0 Å². The third-order valence-electron chi connectivity index (χ3n) is 9.78. The fourth-order valence-corrected chi connectivity index (χ4v) is 7.14. The van der Waals surface area contributed by atoms with Gasteiger partial charge in [0.15, 0.2) is 0 Å². The van der Waals surface area contributed by atoms with Crippen molar-refractivity contribution >= 4 is 29.4 Å². The number of halogens is 1. The number of likely N-dealkylation sites (tertiary alicyclic amines) is 1. The van der Waals surface area contributed by atoms with Gasteiger partial charge in [0.1, 0.15) is 29.0 Å². The molecule has 2 aromatic rings. The summed E-state index contributed by atoms with van der Waals surface area (Å²) in [6.07, 6.45) is 6.70. The first-order chi connectivity index (χ1) is 22.8. The number of amides is 4. The van der Waals surface area contributed by atoms with Gasteiger partial charge < -0.3 is 31.1 Å². The van der Waals surface area contributed by atoms with E-state index in [9.17, 15) is 33.5 Å². The van der Waals surface area contributed by atoms with Gasteiger partial charge in [-0.2, -0.15) is 0 Å². The van der Waals surface area contributed by atoms with Gasteiger partial charge in [-0.15, -0.1) is 5.10 Å². The molecule has 0 radical (unpaired) electrons. The molecular weight excluding hydrogens is 625 g/mol. The Morgan fingerprint density at radius 1 is 1.10 bits per heavy atom. The van der Waals surface area contributed by atoms with E-state index in [1.807, 2.05) is 0 Å². The lowest BCUT2D eigenvalue weighted by Gasteiger charge is -2.37.